The van der Waals surface area contributed by atoms with E-state index in [2.05, 4.69) is 50.3 Å². The molecule has 0 radical (unpaired) electrons. The Labute approximate surface area is 165 Å². The summed E-state index contributed by atoms with van der Waals surface area (Å²) in [6, 6.07) is 10.7. The molecule has 146 valence electrons. The van der Waals surface area contributed by atoms with Crippen LogP contribution in [0.15, 0.2) is 42.0 Å². The number of fused-ring (bicyclic) bond motifs is 5. The first-order chi connectivity index (χ1) is 13.1. The first-order valence-electron chi connectivity index (χ1n) is 11.5. The first-order valence-corrected chi connectivity index (χ1v) is 11.5. The SMILES string of the molecule is C[C@H]1CC[C@H]2C(=CC[C@@H]3[C@@H]2CC[C@]2(C)[C@@H](OCc4ccccc4)CC[C@@H]32)C1. The lowest BCUT2D eigenvalue weighted by atomic mass is 9.52. The van der Waals surface area contributed by atoms with Gasteiger partial charge in [0.15, 0.2) is 0 Å². The molecule has 1 nitrogen and oxygen atoms in total. The number of rotatable bonds is 3. The Morgan fingerprint density at radius 3 is 2.70 bits per heavy atom. The molecule has 0 aromatic heterocycles. The third-order valence-corrected chi connectivity index (χ3v) is 8.90. The van der Waals surface area contributed by atoms with Crippen molar-refractivity contribution in [2.75, 3.05) is 0 Å². The fourth-order valence-corrected chi connectivity index (χ4v) is 7.47. The van der Waals surface area contributed by atoms with Crippen molar-refractivity contribution >= 4 is 0 Å². The fraction of sp³-hybridized carbons (Fsp3) is 0.692. The Morgan fingerprint density at radius 2 is 1.85 bits per heavy atom. The van der Waals surface area contributed by atoms with Crippen LogP contribution in [0, 0.1) is 35.0 Å². The molecule has 5 rings (SSSR count). The van der Waals surface area contributed by atoms with Crippen LogP contribution in [0.4, 0.5) is 0 Å². The van der Waals surface area contributed by atoms with Crippen LogP contribution in [0.25, 0.3) is 0 Å². The normalized spacial score (nSPS) is 43.4. The van der Waals surface area contributed by atoms with Crippen LogP contribution >= 0.6 is 0 Å². The van der Waals surface area contributed by atoms with Gasteiger partial charge >= 0.3 is 0 Å². The summed E-state index contributed by atoms with van der Waals surface area (Å²) < 4.78 is 6.55. The molecule has 4 aliphatic rings. The lowest BCUT2D eigenvalue weighted by molar-refractivity contribution is -0.0845. The number of hydrogen-bond acceptors (Lipinski definition) is 1. The zero-order valence-corrected chi connectivity index (χ0v) is 17.2. The average molecular weight is 365 g/mol. The Bertz CT molecular complexity index is 691. The molecule has 3 saturated carbocycles. The van der Waals surface area contributed by atoms with Crippen molar-refractivity contribution in [1.82, 2.24) is 0 Å². The summed E-state index contributed by atoms with van der Waals surface area (Å²) in [5.74, 6) is 4.63. The van der Waals surface area contributed by atoms with Crippen LogP contribution in [0.3, 0.4) is 0 Å². The molecule has 7 atom stereocenters. The maximum atomic E-state index is 6.55. The van der Waals surface area contributed by atoms with Gasteiger partial charge < -0.3 is 4.74 Å². The Kier molecular flexibility index (Phi) is 4.71. The fourth-order valence-electron chi connectivity index (χ4n) is 7.47. The molecule has 3 fully saturated rings. The number of ether oxygens (including phenoxy) is 1. The number of benzene rings is 1. The molecule has 4 aliphatic carbocycles. The van der Waals surface area contributed by atoms with Gasteiger partial charge in [0.25, 0.3) is 0 Å². The van der Waals surface area contributed by atoms with Crippen molar-refractivity contribution in [3.05, 3.63) is 47.5 Å². The standard InChI is InChI=1S/C26H36O/c1-18-8-10-21-20(16-18)9-11-23-22(21)14-15-26(2)24(23)12-13-25(26)27-17-19-6-4-3-5-7-19/h3-7,9,18,21-25H,8,10-17H2,1-2H3/t18-,21-,22+,23+,24-,25-,26-/m0/s1. The highest BCUT2D eigenvalue weighted by molar-refractivity contribution is 5.20. The second-order valence-corrected chi connectivity index (χ2v) is 10.3. The second kappa shape index (κ2) is 7.07. The highest BCUT2D eigenvalue weighted by atomic mass is 16.5. The van der Waals surface area contributed by atoms with Crippen LogP contribution < -0.4 is 0 Å². The van der Waals surface area contributed by atoms with E-state index in [9.17, 15) is 0 Å². The summed E-state index contributed by atoms with van der Waals surface area (Å²) in [6.07, 6.45) is 14.3. The summed E-state index contributed by atoms with van der Waals surface area (Å²) in [4.78, 5) is 0. The molecule has 0 N–H and O–H groups in total. The van der Waals surface area contributed by atoms with Gasteiger partial charge in [-0.05, 0) is 91.9 Å². The molecule has 0 heterocycles. The lowest BCUT2D eigenvalue weighted by Crippen LogP contribution is -2.47. The largest absolute Gasteiger partial charge is 0.373 e. The summed E-state index contributed by atoms with van der Waals surface area (Å²) in [5, 5.41) is 0. The van der Waals surface area contributed by atoms with E-state index in [1.54, 1.807) is 0 Å². The van der Waals surface area contributed by atoms with Crippen molar-refractivity contribution in [3.63, 3.8) is 0 Å². The minimum Gasteiger partial charge on any atom is -0.373 e. The molecule has 0 bridgehead atoms. The van der Waals surface area contributed by atoms with Crippen molar-refractivity contribution < 1.29 is 4.74 Å². The van der Waals surface area contributed by atoms with E-state index in [1.165, 1.54) is 56.9 Å². The molecule has 1 aromatic carbocycles. The Balaban J connectivity index is 1.31. The van der Waals surface area contributed by atoms with E-state index in [0.29, 0.717) is 11.5 Å². The van der Waals surface area contributed by atoms with E-state index >= 15 is 0 Å². The molecule has 0 saturated heterocycles. The Hall–Kier alpha value is -1.08. The molecule has 1 aromatic rings. The third kappa shape index (κ3) is 3.11. The molecule has 0 unspecified atom stereocenters. The monoisotopic (exact) mass is 364 g/mol. The predicted molar refractivity (Wildman–Crippen MR) is 111 cm³/mol. The first kappa shape index (κ1) is 18.0. The van der Waals surface area contributed by atoms with Crippen molar-refractivity contribution in [1.29, 1.82) is 0 Å². The van der Waals surface area contributed by atoms with Gasteiger partial charge in [0.1, 0.15) is 0 Å². The van der Waals surface area contributed by atoms with Crippen molar-refractivity contribution in [2.24, 2.45) is 35.0 Å². The van der Waals surface area contributed by atoms with Crippen LogP contribution in [0.1, 0.15) is 70.8 Å². The van der Waals surface area contributed by atoms with Gasteiger partial charge in [-0.25, -0.2) is 0 Å². The summed E-state index contributed by atoms with van der Waals surface area (Å²) in [5.41, 5.74) is 3.57. The van der Waals surface area contributed by atoms with E-state index < -0.39 is 0 Å². The van der Waals surface area contributed by atoms with E-state index in [4.69, 9.17) is 4.74 Å². The van der Waals surface area contributed by atoms with E-state index in [-0.39, 0.29) is 0 Å². The number of allylic oxidation sites excluding steroid dienone is 2. The van der Waals surface area contributed by atoms with E-state index in [1.807, 2.05) is 5.57 Å². The van der Waals surface area contributed by atoms with Gasteiger partial charge in [-0.15, -0.1) is 0 Å². The van der Waals surface area contributed by atoms with Gasteiger partial charge in [0.2, 0.25) is 0 Å². The quantitative estimate of drug-likeness (QED) is 0.537. The smallest absolute Gasteiger partial charge is 0.0720 e. The molecule has 0 aliphatic heterocycles. The molecular weight excluding hydrogens is 328 g/mol. The molecule has 0 amide bonds. The molecular formula is C26H36O. The van der Waals surface area contributed by atoms with Crippen LogP contribution in [-0.4, -0.2) is 6.10 Å². The van der Waals surface area contributed by atoms with Gasteiger partial charge in [-0.3, -0.25) is 0 Å². The van der Waals surface area contributed by atoms with Gasteiger partial charge in [0, 0.05) is 0 Å². The maximum Gasteiger partial charge on any atom is 0.0720 e. The molecule has 1 heteroatoms. The van der Waals surface area contributed by atoms with Crippen LogP contribution in [0.2, 0.25) is 0 Å². The van der Waals surface area contributed by atoms with Gasteiger partial charge in [-0.2, -0.15) is 0 Å². The average Bonchev–Trinajstić information content (AvgIpc) is 3.03. The highest BCUT2D eigenvalue weighted by Crippen LogP contribution is 2.62. The zero-order chi connectivity index (χ0) is 18.4. The molecule has 0 spiro atoms. The molecule has 27 heavy (non-hydrogen) atoms. The number of hydrogen-bond donors (Lipinski definition) is 0. The minimum atomic E-state index is 0.406. The van der Waals surface area contributed by atoms with Gasteiger partial charge in [-0.1, -0.05) is 55.8 Å². The summed E-state index contributed by atoms with van der Waals surface area (Å²) in [6.45, 7) is 5.80. The van der Waals surface area contributed by atoms with Crippen LogP contribution in [-0.2, 0) is 11.3 Å². The van der Waals surface area contributed by atoms with Crippen molar-refractivity contribution in [2.45, 2.75) is 77.9 Å². The topological polar surface area (TPSA) is 9.23 Å². The summed E-state index contributed by atoms with van der Waals surface area (Å²) >= 11 is 0. The lowest BCUT2D eigenvalue weighted by Gasteiger charge is -2.53. The third-order valence-electron chi connectivity index (χ3n) is 8.90. The minimum absolute atomic E-state index is 0.406. The van der Waals surface area contributed by atoms with Gasteiger partial charge in [0.05, 0.1) is 12.7 Å². The van der Waals surface area contributed by atoms with E-state index in [0.717, 1.165) is 36.2 Å². The zero-order valence-electron chi connectivity index (χ0n) is 17.2. The van der Waals surface area contributed by atoms with Crippen molar-refractivity contribution in [3.8, 4) is 0 Å². The predicted octanol–water partition coefficient (Wildman–Crippen LogP) is 6.78. The van der Waals surface area contributed by atoms with Crippen LogP contribution in [0.5, 0.6) is 0 Å². The highest BCUT2D eigenvalue weighted by Gasteiger charge is 2.56. The Morgan fingerprint density at radius 1 is 1.00 bits per heavy atom. The maximum absolute atomic E-state index is 6.55. The summed E-state index contributed by atoms with van der Waals surface area (Å²) in [7, 11) is 0. The second-order valence-electron chi connectivity index (χ2n) is 10.3.